The molecule has 1 saturated carbocycles. The smallest absolute Gasteiger partial charge is 0.346 e. The Morgan fingerprint density at radius 1 is 0.950 bits per heavy atom. The minimum atomic E-state index is -0.701. The van der Waals surface area contributed by atoms with Crippen LogP contribution in [0, 0.1) is 5.92 Å². The van der Waals surface area contributed by atoms with Crippen molar-refractivity contribution < 1.29 is 9.90 Å². The highest BCUT2D eigenvalue weighted by molar-refractivity contribution is 5.75. The number of rotatable bonds is 10. The number of hydrogen-bond acceptors (Lipinski definition) is 3. The van der Waals surface area contributed by atoms with Gasteiger partial charge in [-0.2, -0.15) is 5.10 Å². The Morgan fingerprint density at radius 2 is 1.65 bits per heavy atom. The SMILES string of the molecule is CCn1c(CCCc2ccc(-c3cccc(C4CC4C(=O)O)c3)cc2)nn(Cc2ccc(C(C)(C)C)cc2)c1=O. The van der Waals surface area contributed by atoms with Crippen LogP contribution < -0.4 is 5.69 Å². The van der Waals surface area contributed by atoms with Gasteiger partial charge in [0.15, 0.2) is 0 Å². The number of aromatic nitrogens is 3. The fourth-order valence-electron chi connectivity index (χ4n) is 5.47. The van der Waals surface area contributed by atoms with Gasteiger partial charge in [-0.1, -0.05) is 93.6 Å². The third kappa shape index (κ3) is 6.11. The fourth-order valence-corrected chi connectivity index (χ4v) is 5.47. The molecule has 40 heavy (non-hydrogen) atoms. The van der Waals surface area contributed by atoms with Crippen LogP contribution in [0.15, 0.2) is 77.6 Å². The van der Waals surface area contributed by atoms with E-state index in [0.717, 1.165) is 53.8 Å². The molecule has 1 aromatic heterocycles. The van der Waals surface area contributed by atoms with E-state index in [1.165, 1.54) is 11.1 Å². The highest BCUT2D eigenvalue weighted by Crippen LogP contribution is 2.48. The molecule has 6 nitrogen and oxygen atoms in total. The average molecular weight is 538 g/mol. The van der Waals surface area contributed by atoms with E-state index in [0.29, 0.717) is 13.1 Å². The van der Waals surface area contributed by atoms with Crippen LogP contribution in [-0.4, -0.2) is 25.4 Å². The Kier molecular flexibility index (Phi) is 7.79. The molecule has 6 heteroatoms. The molecular weight excluding hydrogens is 498 g/mol. The van der Waals surface area contributed by atoms with E-state index in [4.69, 9.17) is 5.10 Å². The largest absolute Gasteiger partial charge is 0.481 e. The van der Waals surface area contributed by atoms with Crippen molar-refractivity contribution in [2.24, 2.45) is 5.92 Å². The monoisotopic (exact) mass is 537 g/mol. The number of carboxylic acids is 1. The quantitative estimate of drug-likeness (QED) is 0.253. The number of carbonyl (C=O) groups is 1. The van der Waals surface area contributed by atoms with Crippen molar-refractivity contribution in [3.8, 4) is 11.1 Å². The van der Waals surface area contributed by atoms with E-state index in [-0.39, 0.29) is 22.9 Å². The summed E-state index contributed by atoms with van der Waals surface area (Å²) in [4.78, 5) is 24.3. The molecule has 1 aliphatic carbocycles. The van der Waals surface area contributed by atoms with Crippen LogP contribution in [0.2, 0.25) is 0 Å². The first-order valence-corrected chi connectivity index (χ1v) is 14.3. The lowest BCUT2D eigenvalue weighted by molar-refractivity contribution is -0.138. The molecule has 0 radical (unpaired) electrons. The molecule has 1 aliphatic rings. The van der Waals surface area contributed by atoms with Crippen LogP contribution in [0.1, 0.15) is 74.5 Å². The summed E-state index contributed by atoms with van der Waals surface area (Å²) in [6, 6.07) is 25.3. The van der Waals surface area contributed by atoms with Gasteiger partial charge in [0.05, 0.1) is 12.5 Å². The molecule has 1 N–H and O–H groups in total. The molecule has 0 aliphatic heterocycles. The predicted octanol–water partition coefficient (Wildman–Crippen LogP) is 6.44. The van der Waals surface area contributed by atoms with E-state index < -0.39 is 5.97 Å². The number of aryl methyl sites for hydroxylation is 2. The Bertz CT molecular complexity index is 1540. The fraction of sp³-hybridized carbons (Fsp3) is 0.382. The lowest BCUT2D eigenvalue weighted by Gasteiger charge is -2.19. The molecule has 0 spiro atoms. The molecular formula is C34H39N3O3. The summed E-state index contributed by atoms with van der Waals surface area (Å²) in [6.07, 6.45) is 3.28. The van der Waals surface area contributed by atoms with Crippen molar-refractivity contribution >= 4 is 5.97 Å². The number of hydrogen-bond donors (Lipinski definition) is 1. The van der Waals surface area contributed by atoms with Crippen LogP contribution >= 0.6 is 0 Å². The minimum Gasteiger partial charge on any atom is -0.481 e. The zero-order valence-corrected chi connectivity index (χ0v) is 23.9. The molecule has 0 amide bonds. The maximum Gasteiger partial charge on any atom is 0.346 e. The van der Waals surface area contributed by atoms with Gasteiger partial charge in [-0.15, -0.1) is 0 Å². The molecule has 0 saturated heterocycles. The normalized spacial score (nSPS) is 16.7. The topological polar surface area (TPSA) is 77.1 Å². The second-order valence-corrected chi connectivity index (χ2v) is 12.0. The van der Waals surface area contributed by atoms with Crippen LogP contribution in [0.3, 0.4) is 0 Å². The molecule has 1 fully saturated rings. The number of nitrogens with zero attached hydrogens (tertiary/aromatic N) is 3. The standard InChI is InChI=1S/C34H39N3O3/c1-5-36-31(35-37(33(36)40)22-24-14-18-28(19-15-24)34(2,3)4)11-6-8-23-12-16-25(17-13-23)26-9-7-10-27(20-26)29-21-30(29)32(38)39/h7,9-10,12-20,29-30H,5-6,8,11,21-22H2,1-4H3,(H,38,39). The zero-order valence-electron chi connectivity index (χ0n) is 23.9. The minimum absolute atomic E-state index is 0.0511. The first kappa shape index (κ1) is 27.6. The van der Waals surface area contributed by atoms with Gasteiger partial charge < -0.3 is 5.11 Å². The summed E-state index contributed by atoms with van der Waals surface area (Å²) < 4.78 is 3.38. The first-order chi connectivity index (χ1) is 19.1. The van der Waals surface area contributed by atoms with Crippen LogP contribution in [0.4, 0.5) is 0 Å². The van der Waals surface area contributed by atoms with Crippen LogP contribution in [-0.2, 0) is 36.1 Å². The molecule has 208 valence electrons. The van der Waals surface area contributed by atoms with Crippen LogP contribution in [0.5, 0.6) is 0 Å². The highest BCUT2D eigenvalue weighted by atomic mass is 16.4. The van der Waals surface area contributed by atoms with Gasteiger partial charge in [0.2, 0.25) is 0 Å². The molecule has 3 aromatic carbocycles. The van der Waals surface area contributed by atoms with Gasteiger partial charge in [-0.3, -0.25) is 9.36 Å². The Morgan fingerprint density at radius 3 is 2.27 bits per heavy atom. The second kappa shape index (κ2) is 11.3. The molecule has 0 bridgehead atoms. The molecule has 4 aromatic rings. The Hall–Kier alpha value is -3.93. The van der Waals surface area contributed by atoms with Gasteiger partial charge in [0.1, 0.15) is 5.82 Å². The first-order valence-electron chi connectivity index (χ1n) is 14.3. The summed E-state index contributed by atoms with van der Waals surface area (Å²) in [7, 11) is 0. The van der Waals surface area contributed by atoms with E-state index in [2.05, 4.69) is 81.4 Å². The summed E-state index contributed by atoms with van der Waals surface area (Å²) in [5.74, 6) is 0.0307. The lowest BCUT2D eigenvalue weighted by Crippen LogP contribution is -2.25. The van der Waals surface area contributed by atoms with Crippen LogP contribution in [0.25, 0.3) is 11.1 Å². The van der Waals surface area contributed by atoms with Gasteiger partial charge in [0, 0.05) is 13.0 Å². The maximum atomic E-state index is 13.0. The summed E-state index contributed by atoms with van der Waals surface area (Å²) in [6.45, 7) is 9.67. The molecule has 2 unspecified atom stereocenters. The third-order valence-electron chi connectivity index (χ3n) is 8.04. The van der Waals surface area contributed by atoms with Gasteiger partial charge in [-0.05, 0) is 70.9 Å². The number of carboxylic acid groups (broad SMARTS) is 1. The van der Waals surface area contributed by atoms with Crippen molar-refractivity contribution in [1.82, 2.24) is 14.3 Å². The molecule has 2 atom stereocenters. The molecule has 5 rings (SSSR count). The summed E-state index contributed by atoms with van der Waals surface area (Å²) in [5, 5.41) is 14.0. The van der Waals surface area contributed by atoms with E-state index >= 15 is 0 Å². The maximum absolute atomic E-state index is 13.0. The third-order valence-corrected chi connectivity index (χ3v) is 8.04. The van der Waals surface area contributed by atoms with Gasteiger partial charge >= 0.3 is 11.7 Å². The summed E-state index contributed by atoms with van der Waals surface area (Å²) in [5.41, 5.74) is 7.00. The van der Waals surface area contributed by atoms with Crippen molar-refractivity contribution in [2.45, 2.75) is 77.8 Å². The van der Waals surface area contributed by atoms with E-state index in [1.807, 2.05) is 19.1 Å². The zero-order chi connectivity index (χ0) is 28.4. The van der Waals surface area contributed by atoms with Crippen molar-refractivity contribution in [3.05, 3.63) is 111 Å². The predicted molar refractivity (Wildman–Crippen MR) is 159 cm³/mol. The second-order valence-electron chi connectivity index (χ2n) is 12.0. The van der Waals surface area contributed by atoms with Crippen molar-refractivity contribution in [2.75, 3.05) is 0 Å². The number of benzene rings is 3. The van der Waals surface area contributed by atoms with Crippen molar-refractivity contribution in [3.63, 3.8) is 0 Å². The van der Waals surface area contributed by atoms with E-state index in [1.54, 1.807) is 9.25 Å². The Labute approximate surface area is 236 Å². The van der Waals surface area contributed by atoms with Crippen molar-refractivity contribution in [1.29, 1.82) is 0 Å². The average Bonchev–Trinajstić information content (AvgIpc) is 3.69. The van der Waals surface area contributed by atoms with Gasteiger partial charge in [0.25, 0.3) is 0 Å². The number of aliphatic carboxylic acids is 1. The lowest BCUT2D eigenvalue weighted by atomic mass is 9.87. The summed E-state index contributed by atoms with van der Waals surface area (Å²) >= 11 is 0. The molecule has 1 heterocycles. The van der Waals surface area contributed by atoms with E-state index in [9.17, 15) is 14.7 Å². The van der Waals surface area contributed by atoms with Gasteiger partial charge in [-0.25, -0.2) is 9.48 Å². The highest BCUT2D eigenvalue weighted by Gasteiger charge is 2.44. The Balaban J connectivity index is 1.20.